The van der Waals surface area contributed by atoms with Gasteiger partial charge in [-0.2, -0.15) is 0 Å². The maximum Gasteiger partial charge on any atom is 0.259 e. The van der Waals surface area contributed by atoms with Crippen LogP contribution in [0.4, 0.5) is 5.69 Å². The molecule has 0 radical (unpaired) electrons. The van der Waals surface area contributed by atoms with E-state index in [0.717, 1.165) is 28.6 Å². The van der Waals surface area contributed by atoms with E-state index in [1.54, 1.807) is 4.90 Å². The maximum absolute atomic E-state index is 12.7. The van der Waals surface area contributed by atoms with Gasteiger partial charge >= 0.3 is 0 Å². The highest BCUT2D eigenvalue weighted by atomic mass is 16.5. The molecule has 132 valence electrons. The molecule has 1 heterocycles. The number of β-amino-alcohol motifs (C(OH)–C–C–N with tert-alkyl or cyclic N) is 1. The molecule has 0 saturated heterocycles. The van der Waals surface area contributed by atoms with Crippen LogP contribution < -0.4 is 9.64 Å². The molecule has 0 unspecified atom stereocenters. The van der Waals surface area contributed by atoms with Crippen molar-refractivity contribution in [2.45, 2.75) is 19.4 Å². The van der Waals surface area contributed by atoms with Crippen molar-refractivity contribution in [2.24, 2.45) is 0 Å². The summed E-state index contributed by atoms with van der Waals surface area (Å²) >= 11 is 0. The number of aliphatic hydroxyl groups excluding tert-OH is 1. The Labute approximate surface area is 152 Å². The number of aliphatic hydroxyl groups is 1. The Kier molecular flexibility index (Phi) is 4.35. The molecular formula is C22H21NO3. The Morgan fingerprint density at radius 2 is 1.77 bits per heavy atom. The van der Waals surface area contributed by atoms with Crippen LogP contribution >= 0.6 is 0 Å². The number of nitrogens with zero attached hydrogens (tertiary/aromatic N) is 1. The van der Waals surface area contributed by atoms with Crippen molar-refractivity contribution in [2.75, 3.05) is 18.1 Å². The predicted octanol–water partition coefficient (Wildman–Crippen LogP) is 3.80. The van der Waals surface area contributed by atoms with Gasteiger partial charge in [0.05, 0.1) is 12.2 Å². The lowest BCUT2D eigenvalue weighted by Crippen LogP contribution is -2.37. The van der Waals surface area contributed by atoms with E-state index in [1.165, 1.54) is 5.56 Å². The van der Waals surface area contributed by atoms with E-state index in [9.17, 15) is 9.90 Å². The van der Waals surface area contributed by atoms with Crippen LogP contribution in [0.2, 0.25) is 0 Å². The number of amides is 1. The Balaban J connectivity index is 1.46. The largest absolute Gasteiger partial charge is 0.491 e. The quantitative estimate of drug-likeness (QED) is 0.738. The summed E-state index contributed by atoms with van der Waals surface area (Å²) in [5.74, 6) is 0.655. The standard InChI is InChI=1S/C22H21NO3/c1-2-15-9-11-18(12-10-15)26-14-17(24)13-23-20-8-4-6-16-5-3-7-19(21(16)20)22(23)25/h3-12,17,24H,2,13-14H2,1H3/t17-/m1/s1. The van der Waals surface area contributed by atoms with Gasteiger partial charge in [0.15, 0.2) is 0 Å². The number of ether oxygens (including phenoxy) is 1. The normalized spacial score (nSPS) is 14.1. The number of carbonyl (C=O) groups is 1. The molecule has 4 rings (SSSR count). The van der Waals surface area contributed by atoms with E-state index >= 15 is 0 Å². The highest BCUT2D eigenvalue weighted by Gasteiger charge is 2.30. The Morgan fingerprint density at radius 3 is 2.50 bits per heavy atom. The summed E-state index contributed by atoms with van der Waals surface area (Å²) in [5, 5.41) is 12.4. The zero-order chi connectivity index (χ0) is 18.1. The van der Waals surface area contributed by atoms with E-state index in [4.69, 9.17) is 4.74 Å². The van der Waals surface area contributed by atoms with Crippen molar-refractivity contribution in [3.05, 3.63) is 71.8 Å². The Hall–Kier alpha value is -2.85. The SMILES string of the molecule is CCc1ccc(OC[C@H](O)CN2C(=O)c3cccc4cccc2c34)cc1. The number of hydrogen-bond acceptors (Lipinski definition) is 3. The van der Waals surface area contributed by atoms with E-state index < -0.39 is 6.10 Å². The summed E-state index contributed by atoms with van der Waals surface area (Å²) in [4.78, 5) is 14.4. The van der Waals surface area contributed by atoms with Crippen LogP contribution in [0, 0.1) is 0 Å². The summed E-state index contributed by atoms with van der Waals surface area (Å²) in [5.41, 5.74) is 2.79. The van der Waals surface area contributed by atoms with Gasteiger partial charge in [0.25, 0.3) is 5.91 Å². The minimum absolute atomic E-state index is 0.0665. The Bertz CT molecular complexity index is 944. The molecule has 1 aliphatic heterocycles. The lowest BCUT2D eigenvalue weighted by molar-refractivity contribution is 0.0913. The van der Waals surface area contributed by atoms with Crippen molar-refractivity contribution < 1.29 is 14.6 Å². The van der Waals surface area contributed by atoms with Gasteiger partial charge in [-0.25, -0.2) is 0 Å². The number of carbonyl (C=O) groups excluding carboxylic acids is 1. The Morgan fingerprint density at radius 1 is 1.04 bits per heavy atom. The van der Waals surface area contributed by atoms with Crippen LogP contribution in [0.15, 0.2) is 60.7 Å². The first-order valence-electron chi connectivity index (χ1n) is 8.91. The molecule has 0 saturated carbocycles. The summed E-state index contributed by atoms with van der Waals surface area (Å²) in [6.45, 7) is 2.45. The van der Waals surface area contributed by atoms with Gasteiger partial charge in [-0.1, -0.05) is 43.3 Å². The number of aryl methyl sites for hydroxylation is 1. The van der Waals surface area contributed by atoms with E-state index in [-0.39, 0.29) is 19.1 Å². The summed E-state index contributed by atoms with van der Waals surface area (Å²) in [6, 6.07) is 19.4. The minimum Gasteiger partial charge on any atom is -0.491 e. The van der Waals surface area contributed by atoms with Crippen LogP contribution in [-0.4, -0.2) is 30.3 Å². The first kappa shape index (κ1) is 16.6. The molecule has 0 fully saturated rings. The van der Waals surface area contributed by atoms with Crippen LogP contribution in [-0.2, 0) is 6.42 Å². The van der Waals surface area contributed by atoms with Crippen molar-refractivity contribution >= 4 is 22.4 Å². The molecule has 26 heavy (non-hydrogen) atoms. The number of hydrogen-bond donors (Lipinski definition) is 1. The van der Waals surface area contributed by atoms with Crippen LogP contribution in [0.3, 0.4) is 0 Å². The second-order valence-corrected chi connectivity index (χ2v) is 6.56. The fourth-order valence-electron chi connectivity index (χ4n) is 3.44. The van der Waals surface area contributed by atoms with Gasteiger partial charge in [-0.3, -0.25) is 4.79 Å². The first-order valence-corrected chi connectivity index (χ1v) is 8.91. The molecule has 4 heteroatoms. The number of anilines is 1. The van der Waals surface area contributed by atoms with Crippen molar-refractivity contribution in [3.63, 3.8) is 0 Å². The average molecular weight is 347 g/mol. The van der Waals surface area contributed by atoms with E-state index in [1.807, 2.05) is 60.7 Å². The van der Waals surface area contributed by atoms with Gasteiger partial charge in [0, 0.05) is 10.9 Å². The molecule has 1 N–H and O–H groups in total. The highest BCUT2D eigenvalue weighted by molar-refractivity contribution is 6.25. The number of rotatable bonds is 6. The zero-order valence-electron chi connectivity index (χ0n) is 14.7. The van der Waals surface area contributed by atoms with Crippen LogP contribution in [0.5, 0.6) is 5.75 Å². The summed E-state index contributed by atoms with van der Waals surface area (Å²) in [6.07, 6.45) is 0.209. The summed E-state index contributed by atoms with van der Waals surface area (Å²) in [7, 11) is 0. The van der Waals surface area contributed by atoms with Crippen molar-refractivity contribution in [1.29, 1.82) is 0 Å². The predicted molar refractivity (Wildman–Crippen MR) is 103 cm³/mol. The lowest BCUT2D eigenvalue weighted by Gasteiger charge is -2.21. The molecule has 0 aromatic heterocycles. The highest BCUT2D eigenvalue weighted by Crippen LogP contribution is 2.37. The molecule has 1 amide bonds. The third-order valence-corrected chi connectivity index (χ3v) is 4.82. The fraction of sp³-hybridized carbons (Fsp3) is 0.227. The minimum atomic E-state index is -0.769. The molecule has 0 spiro atoms. The maximum atomic E-state index is 12.7. The number of benzene rings is 3. The summed E-state index contributed by atoms with van der Waals surface area (Å²) < 4.78 is 5.68. The van der Waals surface area contributed by atoms with E-state index in [2.05, 4.69) is 6.92 Å². The first-order chi connectivity index (χ1) is 12.7. The molecule has 1 aliphatic rings. The van der Waals surface area contributed by atoms with Crippen molar-refractivity contribution in [3.8, 4) is 5.75 Å². The van der Waals surface area contributed by atoms with Gasteiger partial charge in [0.2, 0.25) is 0 Å². The van der Waals surface area contributed by atoms with E-state index in [0.29, 0.717) is 5.56 Å². The molecule has 4 nitrogen and oxygen atoms in total. The monoisotopic (exact) mass is 347 g/mol. The molecule has 3 aromatic carbocycles. The van der Waals surface area contributed by atoms with Crippen molar-refractivity contribution in [1.82, 2.24) is 0 Å². The molecule has 1 atom stereocenters. The second kappa shape index (κ2) is 6.81. The van der Waals surface area contributed by atoms with Crippen LogP contribution in [0.25, 0.3) is 10.8 Å². The molecule has 3 aromatic rings. The van der Waals surface area contributed by atoms with Crippen LogP contribution in [0.1, 0.15) is 22.8 Å². The average Bonchev–Trinajstić information content (AvgIpc) is 2.95. The van der Waals surface area contributed by atoms with Gasteiger partial charge in [0.1, 0.15) is 18.5 Å². The smallest absolute Gasteiger partial charge is 0.259 e. The third kappa shape index (κ3) is 2.93. The zero-order valence-corrected chi connectivity index (χ0v) is 14.7. The second-order valence-electron chi connectivity index (χ2n) is 6.56. The van der Waals surface area contributed by atoms with Gasteiger partial charge < -0.3 is 14.7 Å². The topological polar surface area (TPSA) is 49.8 Å². The molecular weight excluding hydrogens is 326 g/mol. The molecule has 0 bridgehead atoms. The molecule has 0 aliphatic carbocycles. The fourth-order valence-corrected chi connectivity index (χ4v) is 3.44. The van der Waals surface area contributed by atoms with Gasteiger partial charge in [-0.15, -0.1) is 0 Å². The lowest BCUT2D eigenvalue weighted by atomic mass is 10.1. The van der Waals surface area contributed by atoms with Gasteiger partial charge in [-0.05, 0) is 41.6 Å². The third-order valence-electron chi connectivity index (χ3n) is 4.82.